The number of H-pyrrole nitrogens is 1. The van der Waals surface area contributed by atoms with E-state index in [0.717, 1.165) is 50.0 Å². The van der Waals surface area contributed by atoms with Crippen LogP contribution in [0.5, 0.6) is 5.75 Å². The van der Waals surface area contributed by atoms with Crippen LogP contribution in [-0.4, -0.2) is 44.1 Å². The van der Waals surface area contributed by atoms with E-state index in [1.165, 1.54) is 0 Å². The number of amides is 2. The molecule has 2 amide bonds. The van der Waals surface area contributed by atoms with Gasteiger partial charge in [-0.25, -0.2) is 9.97 Å². The predicted molar refractivity (Wildman–Crippen MR) is 202 cm³/mol. The first-order valence-electron chi connectivity index (χ1n) is 18.4. The van der Waals surface area contributed by atoms with E-state index in [9.17, 15) is 14.7 Å². The second-order valence-electron chi connectivity index (χ2n) is 15.0. The lowest BCUT2D eigenvalue weighted by Gasteiger charge is -2.29. The summed E-state index contributed by atoms with van der Waals surface area (Å²) in [6.07, 6.45) is 1.65. The van der Waals surface area contributed by atoms with E-state index < -0.39 is 41.6 Å². The number of carbonyl (C=O) groups is 2. The SMILES string of the molecule is CC(C)[C@@H]1NC(=O)[C@@H](NC(=O)[C@@H](O)c2ccccc2)Cc2ccc3c(c2)C24c5cccc(c5NC2O3)-c2cccc3[nH]cc(c23)-c2cnc(o2)-c2nc1oc24. The van der Waals surface area contributed by atoms with Crippen LogP contribution in [-0.2, 0) is 21.4 Å². The minimum absolute atomic E-state index is 0.138. The number of ether oxygens (including phenoxy) is 1. The molecule has 5 atom stereocenters. The van der Waals surface area contributed by atoms with Crippen LogP contribution in [0.4, 0.5) is 5.69 Å². The van der Waals surface area contributed by atoms with Crippen molar-refractivity contribution in [2.45, 2.75) is 50.1 Å². The number of nitrogens with one attached hydrogen (secondary N) is 4. The third kappa shape index (κ3) is 4.42. The van der Waals surface area contributed by atoms with E-state index in [0.29, 0.717) is 28.5 Å². The summed E-state index contributed by atoms with van der Waals surface area (Å²) in [4.78, 5) is 41.2. The fourth-order valence-electron chi connectivity index (χ4n) is 8.89. The Labute approximate surface area is 314 Å². The largest absolute Gasteiger partial charge is 0.469 e. The third-order valence-electron chi connectivity index (χ3n) is 11.5. The van der Waals surface area contributed by atoms with Gasteiger partial charge in [0, 0.05) is 51.5 Å². The average molecular weight is 731 g/mol. The van der Waals surface area contributed by atoms with Crippen LogP contribution in [0.15, 0.2) is 106 Å². The van der Waals surface area contributed by atoms with Gasteiger partial charge in [0.25, 0.3) is 5.91 Å². The number of anilines is 1. The van der Waals surface area contributed by atoms with Gasteiger partial charge in [-0.3, -0.25) is 9.59 Å². The molecule has 4 aliphatic heterocycles. The molecule has 5 N–H and O–H groups in total. The Balaban J connectivity index is 1.16. The van der Waals surface area contributed by atoms with Crippen molar-refractivity contribution in [3.8, 4) is 39.8 Å². The number of aliphatic hydroxyl groups excluding tert-OH is 1. The van der Waals surface area contributed by atoms with Crippen LogP contribution in [0.2, 0.25) is 0 Å². The van der Waals surface area contributed by atoms with Crippen molar-refractivity contribution in [1.29, 1.82) is 0 Å². The molecule has 4 aliphatic rings. The zero-order chi connectivity index (χ0) is 37.2. The van der Waals surface area contributed by atoms with E-state index in [-0.39, 0.29) is 24.1 Å². The van der Waals surface area contributed by atoms with Gasteiger partial charge < -0.3 is 39.6 Å². The van der Waals surface area contributed by atoms with Gasteiger partial charge >= 0.3 is 0 Å². The number of aromatic nitrogens is 3. The molecule has 4 aromatic carbocycles. The third-order valence-corrected chi connectivity index (χ3v) is 11.5. The van der Waals surface area contributed by atoms with Gasteiger partial charge in [0.05, 0.1) is 6.20 Å². The van der Waals surface area contributed by atoms with Gasteiger partial charge in [-0.2, -0.15) is 0 Å². The maximum atomic E-state index is 14.3. The highest BCUT2D eigenvalue weighted by atomic mass is 16.5. The number of hydrogen-bond acceptors (Lipinski definition) is 9. The molecule has 2 unspecified atom stereocenters. The van der Waals surface area contributed by atoms with Crippen molar-refractivity contribution in [2.75, 3.05) is 5.32 Å². The van der Waals surface area contributed by atoms with Crippen LogP contribution in [0.25, 0.3) is 44.9 Å². The van der Waals surface area contributed by atoms with Gasteiger partial charge in [-0.1, -0.05) is 86.6 Å². The molecule has 0 fully saturated rings. The molecule has 0 saturated heterocycles. The first kappa shape index (κ1) is 31.8. The van der Waals surface area contributed by atoms with Crippen molar-refractivity contribution >= 4 is 28.4 Å². The molecular formula is C43H34N6O6. The van der Waals surface area contributed by atoms with Gasteiger partial charge in [0.1, 0.15) is 23.2 Å². The molecule has 10 bridgehead atoms. The Morgan fingerprint density at radius 3 is 2.64 bits per heavy atom. The van der Waals surface area contributed by atoms with Crippen LogP contribution in [0, 0.1) is 5.92 Å². The summed E-state index contributed by atoms with van der Waals surface area (Å²) in [6.45, 7) is 3.93. The van der Waals surface area contributed by atoms with Crippen LogP contribution < -0.4 is 20.7 Å². The summed E-state index contributed by atoms with van der Waals surface area (Å²) in [5.41, 5.74) is 6.94. The Morgan fingerprint density at radius 2 is 1.78 bits per heavy atom. The number of carbonyl (C=O) groups excluding carboxylic acids is 2. The van der Waals surface area contributed by atoms with Gasteiger partial charge in [-0.15, -0.1) is 0 Å². The first-order valence-corrected chi connectivity index (χ1v) is 18.4. The highest BCUT2D eigenvalue weighted by Crippen LogP contribution is 2.61. The fraction of sp³-hybridized carbons (Fsp3) is 0.209. The summed E-state index contributed by atoms with van der Waals surface area (Å²) >= 11 is 0. The molecular weight excluding hydrogens is 697 g/mol. The maximum Gasteiger partial charge on any atom is 0.254 e. The van der Waals surface area contributed by atoms with Gasteiger partial charge in [-0.05, 0) is 34.7 Å². The van der Waals surface area contributed by atoms with Crippen LogP contribution in [0.1, 0.15) is 59.9 Å². The Morgan fingerprint density at radius 1 is 0.945 bits per heavy atom. The normalized spacial score (nSPS) is 21.8. The molecule has 55 heavy (non-hydrogen) atoms. The van der Waals surface area contributed by atoms with Crippen molar-refractivity contribution < 1.29 is 28.3 Å². The Kier molecular flexibility index (Phi) is 6.61. The maximum absolute atomic E-state index is 14.3. The van der Waals surface area contributed by atoms with E-state index in [1.54, 1.807) is 36.5 Å². The zero-order valence-electron chi connectivity index (χ0n) is 29.7. The standard InChI is InChI=1S/C43H34N6O6/c1-20(2)33-41-48-35-37(55-41)43-26-12-6-11-24(23-10-7-13-28-32(23)25(18-44-28)31-19-45-40(35)53-31)34(26)49-42(43)54-30-15-14-21(16-27(30)43)17-29(38(51)47-33)46-39(52)36(50)22-8-4-3-5-9-22/h3-16,18-20,29,33,36,42,44,49-50H,17H2,1-2H3,(H,46,52)(H,47,51)/t29-,33-,36-,42?,43?/m0/s1. The van der Waals surface area contributed by atoms with E-state index in [4.69, 9.17) is 23.5 Å². The van der Waals surface area contributed by atoms with Crippen LogP contribution >= 0.6 is 0 Å². The van der Waals surface area contributed by atoms with Crippen molar-refractivity contribution in [2.24, 2.45) is 5.92 Å². The van der Waals surface area contributed by atoms with Crippen molar-refractivity contribution in [1.82, 2.24) is 25.6 Å². The van der Waals surface area contributed by atoms with Gasteiger partial charge in [0.2, 0.25) is 17.7 Å². The van der Waals surface area contributed by atoms with Crippen LogP contribution in [0.3, 0.4) is 0 Å². The minimum Gasteiger partial charge on any atom is -0.469 e. The summed E-state index contributed by atoms with van der Waals surface area (Å²) in [5, 5.41) is 21.7. The lowest BCUT2D eigenvalue weighted by Crippen LogP contribution is -2.50. The number of oxazole rings is 2. The number of nitrogens with zero attached hydrogens (tertiary/aromatic N) is 2. The average Bonchev–Trinajstić information content (AvgIpc) is 4.02. The quantitative estimate of drug-likeness (QED) is 0.135. The van der Waals surface area contributed by atoms with Crippen molar-refractivity contribution in [3.63, 3.8) is 0 Å². The second-order valence-corrected chi connectivity index (χ2v) is 15.0. The molecule has 12 nitrogen and oxygen atoms in total. The molecule has 0 saturated carbocycles. The number of aliphatic hydroxyl groups is 1. The monoisotopic (exact) mass is 730 g/mol. The summed E-state index contributed by atoms with van der Waals surface area (Å²) in [6, 6.07) is 25.1. The van der Waals surface area contributed by atoms with E-state index in [2.05, 4.69) is 45.2 Å². The minimum atomic E-state index is -1.47. The number of hydrogen-bond donors (Lipinski definition) is 5. The zero-order valence-corrected chi connectivity index (χ0v) is 29.7. The lowest BCUT2D eigenvalue weighted by atomic mass is 9.72. The highest BCUT2D eigenvalue weighted by molar-refractivity contribution is 6.07. The number of rotatable bonds is 4. The number of para-hydroxylation sites is 1. The highest BCUT2D eigenvalue weighted by Gasteiger charge is 2.61. The van der Waals surface area contributed by atoms with Crippen molar-refractivity contribution in [3.05, 3.63) is 131 Å². The van der Waals surface area contributed by atoms with Gasteiger partial charge in [0.15, 0.2) is 29.5 Å². The smallest absolute Gasteiger partial charge is 0.254 e. The number of aromatic amines is 1. The van der Waals surface area contributed by atoms with E-state index in [1.807, 2.05) is 50.4 Å². The molecule has 272 valence electrons. The number of fused-ring (bicyclic) bond motifs is 7. The first-order chi connectivity index (χ1) is 26.8. The molecule has 3 aromatic heterocycles. The molecule has 7 aromatic rings. The second kappa shape index (κ2) is 11.4. The summed E-state index contributed by atoms with van der Waals surface area (Å²) < 4.78 is 20.5. The molecule has 7 heterocycles. The topological polar surface area (TPSA) is 168 Å². The molecule has 0 aliphatic carbocycles. The Bertz CT molecular complexity index is 2730. The molecule has 0 radical (unpaired) electrons. The number of benzene rings is 4. The fourth-order valence-corrected chi connectivity index (χ4v) is 8.89. The molecule has 1 spiro atoms. The Hall–Kier alpha value is -6.66. The van der Waals surface area contributed by atoms with E-state index >= 15 is 0 Å². The summed E-state index contributed by atoms with van der Waals surface area (Å²) in [7, 11) is 0. The summed E-state index contributed by atoms with van der Waals surface area (Å²) in [5.74, 6) is 0.870. The predicted octanol–water partition coefficient (Wildman–Crippen LogP) is 6.52. The lowest BCUT2D eigenvalue weighted by molar-refractivity contribution is -0.134. The molecule has 12 heteroatoms. The molecule has 11 rings (SSSR count).